The van der Waals surface area contributed by atoms with Crippen LogP contribution in [0.5, 0.6) is 0 Å². The van der Waals surface area contributed by atoms with Gasteiger partial charge < -0.3 is 15.1 Å². The molecule has 2 heterocycles. The lowest BCUT2D eigenvalue weighted by molar-refractivity contribution is 0.0458. The van der Waals surface area contributed by atoms with Crippen LogP contribution in [0.25, 0.3) is 0 Å². The summed E-state index contributed by atoms with van der Waals surface area (Å²) in [6, 6.07) is 0.104. The van der Waals surface area contributed by atoms with Crippen molar-refractivity contribution in [2.45, 2.75) is 46.6 Å². The third kappa shape index (κ3) is 5.08. The van der Waals surface area contributed by atoms with E-state index in [4.69, 9.17) is 0 Å². The van der Waals surface area contributed by atoms with Crippen molar-refractivity contribution in [3.63, 3.8) is 0 Å². The molecule has 2 amide bonds. The molecule has 134 valence electrons. The largest absolute Gasteiger partial charge is 0.336 e. The van der Waals surface area contributed by atoms with Crippen LogP contribution >= 0.6 is 0 Å². The minimum absolute atomic E-state index is 0.0177. The zero-order valence-electron chi connectivity index (χ0n) is 15.8. The number of likely N-dealkylation sites (tertiary alicyclic amines) is 1. The number of urea groups is 1. The Kier molecular flexibility index (Phi) is 6.32. The summed E-state index contributed by atoms with van der Waals surface area (Å²) in [6.07, 6.45) is 1.32. The summed E-state index contributed by atoms with van der Waals surface area (Å²) in [5.74, 6) is 1.49. The number of amides is 2. The van der Waals surface area contributed by atoms with E-state index in [0.717, 1.165) is 64.2 Å². The molecule has 0 saturated carbocycles. The number of carbonyl (C=O) groups is 1. The molecular formula is C18H36N4O. The lowest BCUT2D eigenvalue weighted by atomic mass is 9.88. The van der Waals surface area contributed by atoms with Crippen molar-refractivity contribution < 1.29 is 4.79 Å². The fourth-order valence-electron chi connectivity index (χ4n) is 3.94. The van der Waals surface area contributed by atoms with Crippen molar-refractivity contribution >= 4 is 6.03 Å². The van der Waals surface area contributed by atoms with Crippen molar-refractivity contribution in [1.82, 2.24) is 20.0 Å². The van der Waals surface area contributed by atoms with E-state index in [0.29, 0.717) is 0 Å². The lowest BCUT2D eigenvalue weighted by Gasteiger charge is -2.45. The fourth-order valence-corrected chi connectivity index (χ4v) is 3.94. The Morgan fingerprint density at radius 2 is 1.65 bits per heavy atom. The summed E-state index contributed by atoms with van der Waals surface area (Å²) in [6.45, 7) is 19.1. The third-order valence-corrected chi connectivity index (χ3v) is 5.50. The van der Waals surface area contributed by atoms with E-state index in [1.807, 2.05) is 4.90 Å². The van der Waals surface area contributed by atoms with Gasteiger partial charge in [-0.15, -0.1) is 0 Å². The van der Waals surface area contributed by atoms with E-state index in [9.17, 15) is 4.79 Å². The number of carbonyl (C=O) groups excluding carboxylic acids is 1. The molecule has 2 fully saturated rings. The average molecular weight is 325 g/mol. The van der Waals surface area contributed by atoms with Crippen molar-refractivity contribution in [2.75, 3.05) is 52.4 Å². The average Bonchev–Trinajstić information content (AvgIpc) is 2.52. The van der Waals surface area contributed by atoms with Gasteiger partial charge >= 0.3 is 6.03 Å². The molecule has 0 aromatic carbocycles. The number of nitrogens with one attached hydrogen (secondary N) is 1. The van der Waals surface area contributed by atoms with Gasteiger partial charge in [0.25, 0.3) is 0 Å². The molecule has 23 heavy (non-hydrogen) atoms. The summed E-state index contributed by atoms with van der Waals surface area (Å²) in [4.78, 5) is 19.3. The lowest BCUT2D eigenvalue weighted by Crippen LogP contribution is -2.58. The molecule has 5 heteroatoms. The standard InChI is InChI=1S/C18H36N4O/c1-6-20-7-9-21(10-8-20)17(23)19-14-18(4,5)22-12-15(2)11-16(3)13-22/h15-16H,6-14H2,1-5H3,(H,19,23). The minimum Gasteiger partial charge on any atom is -0.336 e. The number of hydrogen-bond donors (Lipinski definition) is 1. The van der Waals surface area contributed by atoms with Crippen LogP contribution in [-0.2, 0) is 0 Å². The number of piperazine rings is 1. The monoisotopic (exact) mass is 324 g/mol. The molecule has 0 spiro atoms. The maximum absolute atomic E-state index is 12.4. The number of piperidine rings is 1. The van der Waals surface area contributed by atoms with Crippen LogP contribution in [0.15, 0.2) is 0 Å². The van der Waals surface area contributed by atoms with Gasteiger partial charge in [-0.05, 0) is 38.6 Å². The summed E-state index contributed by atoms with van der Waals surface area (Å²) >= 11 is 0. The van der Waals surface area contributed by atoms with Gasteiger partial charge in [-0.2, -0.15) is 0 Å². The third-order valence-electron chi connectivity index (χ3n) is 5.50. The molecule has 0 aliphatic carbocycles. The van der Waals surface area contributed by atoms with Gasteiger partial charge in [-0.1, -0.05) is 20.8 Å². The minimum atomic E-state index is 0.0177. The van der Waals surface area contributed by atoms with Crippen LogP contribution in [0.4, 0.5) is 4.79 Å². The Balaban J connectivity index is 1.80. The van der Waals surface area contributed by atoms with Crippen LogP contribution in [0.2, 0.25) is 0 Å². The van der Waals surface area contributed by atoms with Crippen LogP contribution in [0.1, 0.15) is 41.0 Å². The van der Waals surface area contributed by atoms with Crippen molar-refractivity contribution in [2.24, 2.45) is 11.8 Å². The van der Waals surface area contributed by atoms with E-state index >= 15 is 0 Å². The molecule has 2 unspecified atom stereocenters. The molecule has 1 N–H and O–H groups in total. The highest BCUT2D eigenvalue weighted by molar-refractivity contribution is 5.74. The maximum Gasteiger partial charge on any atom is 0.317 e. The Labute approximate surface area is 142 Å². The zero-order valence-corrected chi connectivity index (χ0v) is 15.8. The van der Waals surface area contributed by atoms with Gasteiger partial charge in [0.1, 0.15) is 0 Å². The maximum atomic E-state index is 12.4. The Morgan fingerprint density at radius 3 is 2.17 bits per heavy atom. The van der Waals surface area contributed by atoms with Gasteiger partial charge in [0.2, 0.25) is 0 Å². The van der Waals surface area contributed by atoms with Crippen LogP contribution in [0, 0.1) is 11.8 Å². The van der Waals surface area contributed by atoms with E-state index in [1.54, 1.807) is 0 Å². The topological polar surface area (TPSA) is 38.8 Å². The van der Waals surface area contributed by atoms with E-state index < -0.39 is 0 Å². The molecule has 2 atom stereocenters. The first-order chi connectivity index (χ1) is 10.8. The first-order valence-corrected chi connectivity index (χ1v) is 9.32. The highest BCUT2D eigenvalue weighted by atomic mass is 16.2. The van der Waals surface area contributed by atoms with Crippen molar-refractivity contribution in [3.8, 4) is 0 Å². The highest BCUT2D eigenvalue weighted by Crippen LogP contribution is 2.26. The van der Waals surface area contributed by atoms with Gasteiger partial charge in [0.05, 0.1) is 0 Å². The smallest absolute Gasteiger partial charge is 0.317 e. The number of rotatable bonds is 4. The molecule has 2 rings (SSSR count). The molecule has 2 aliphatic rings. The van der Waals surface area contributed by atoms with E-state index in [1.165, 1.54) is 6.42 Å². The summed E-state index contributed by atoms with van der Waals surface area (Å²) < 4.78 is 0. The molecule has 5 nitrogen and oxygen atoms in total. The first-order valence-electron chi connectivity index (χ1n) is 9.32. The van der Waals surface area contributed by atoms with Crippen LogP contribution in [-0.4, -0.2) is 78.6 Å². The number of nitrogens with zero attached hydrogens (tertiary/aromatic N) is 3. The predicted octanol–water partition coefficient (Wildman–Crippen LogP) is 2.09. The zero-order chi connectivity index (χ0) is 17.0. The van der Waals surface area contributed by atoms with Crippen molar-refractivity contribution in [1.29, 1.82) is 0 Å². The van der Waals surface area contributed by atoms with E-state index in [-0.39, 0.29) is 11.6 Å². The second-order valence-corrected chi connectivity index (χ2v) is 8.24. The Morgan fingerprint density at radius 1 is 1.09 bits per heavy atom. The quantitative estimate of drug-likeness (QED) is 0.861. The van der Waals surface area contributed by atoms with Crippen LogP contribution < -0.4 is 5.32 Å². The summed E-state index contributed by atoms with van der Waals surface area (Å²) in [5, 5.41) is 3.18. The number of likely N-dealkylation sites (N-methyl/N-ethyl adjacent to an activating group) is 1. The SMILES string of the molecule is CCN1CCN(C(=O)NCC(C)(C)N2CC(C)CC(C)C2)CC1. The highest BCUT2D eigenvalue weighted by Gasteiger charge is 2.33. The van der Waals surface area contributed by atoms with E-state index in [2.05, 4.69) is 49.7 Å². The molecule has 0 radical (unpaired) electrons. The molecule has 2 saturated heterocycles. The number of hydrogen-bond acceptors (Lipinski definition) is 3. The molecule has 2 aliphatic heterocycles. The van der Waals surface area contributed by atoms with Gasteiger partial charge in [0.15, 0.2) is 0 Å². The van der Waals surface area contributed by atoms with Crippen LogP contribution in [0.3, 0.4) is 0 Å². The van der Waals surface area contributed by atoms with Gasteiger partial charge in [-0.25, -0.2) is 4.79 Å². The van der Waals surface area contributed by atoms with Gasteiger partial charge in [-0.3, -0.25) is 4.90 Å². The van der Waals surface area contributed by atoms with Gasteiger partial charge in [0, 0.05) is 51.4 Å². The Bertz CT molecular complexity index is 380. The summed E-state index contributed by atoms with van der Waals surface area (Å²) in [7, 11) is 0. The second kappa shape index (κ2) is 7.84. The van der Waals surface area contributed by atoms with Crippen molar-refractivity contribution in [3.05, 3.63) is 0 Å². The molecule has 0 aromatic heterocycles. The summed E-state index contributed by atoms with van der Waals surface area (Å²) in [5.41, 5.74) is 0.0177. The Hall–Kier alpha value is -0.810. The fraction of sp³-hybridized carbons (Fsp3) is 0.944. The normalized spacial score (nSPS) is 28.0. The molecule has 0 bridgehead atoms. The first kappa shape index (κ1) is 18.5. The second-order valence-electron chi connectivity index (χ2n) is 8.24. The predicted molar refractivity (Wildman–Crippen MR) is 95.7 cm³/mol. The molecule has 0 aromatic rings. The molecular weight excluding hydrogens is 288 g/mol.